The van der Waals surface area contributed by atoms with E-state index in [1.54, 1.807) is 0 Å². The second kappa shape index (κ2) is 8.40. The first kappa shape index (κ1) is 24.1. The number of hydrogen-bond acceptors (Lipinski definition) is 12. The molecule has 0 aliphatic carbocycles. The van der Waals surface area contributed by atoms with Crippen molar-refractivity contribution in [2.75, 3.05) is 25.5 Å². The Morgan fingerprint density at radius 1 is 1.26 bits per heavy atom. The molecule has 2 aliphatic heterocycles. The van der Waals surface area contributed by atoms with Crippen LogP contribution in [-0.4, -0.2) is 90.6 Å². The lowest BCUT2D eigenvalue weighted by molar-refractivity contribution is -0.0686. The van der Waals surface area contributed by atoms with Gasteiger partial charge >= 0.3 is 15.6 Å². The number of H-pyrrole nitrogens is 1. The minimum absolute atomic E-state index is 0.0780. The summed E-state index contributed by atoms with van der Waals surface area (Å²) in [6.45, 7) is -1.63. The van der Waals surface area contributed by atoms with Gasteiger partial charge in [0.15, 0.2) is 12.4 Å². The second-order valence-electron chi connectivity index (χ2n) is 6.63. The highest BCUT2D eigenvalue weighted by molar-refractivity contribution is 7.60. The van der Waals surface area contributed by atoms with Gasteiger partial charge in [-0.25, -0.2) is 13.6 Å². The fraction of sp³-hybridized carbons (Fsp3) is 0.583. The third-order valence-electron chi connectivity index (χ3n) is 4.55. The summed E-state index contributed by atoms with van der Waals surface area (Å²) >= 11 is 0. The third kappa shape index (κ3) is 4.78. The number of anilines is 1. The summed E-state index contributed by atoms with van der Waals surface area (Å²) in [5, 5.41) is 30.4. The summed E-state index contributed by atoms with van der Waals surface area (Å²) in [5.41, 5.74) is 4.72. The molecule has 17 nitrogen and oxygen atoms in total. The van der Waals surface area contributed by atoms with Crippen LogP contribution in [0.1, 0.15) is 0 Å². The SMILES string of the molecule is Nc1nc2c(c(=O)[nH]1)N=C[N+]2(CCO)[C@@H]1O[C@H](COP(=O)(O)OP(=O)(O)O)[C@@H](O)[C@H]1O. The molecule has 174 valence electrons. The number of aromatic nitrogens is 2. The number of quaternary nitrogens is 1. The number of ether oxygens (including phenoxy) is 1. The van der Waals surface area contributed by atoms with E-state index in [-0.39, 0.29) is 24.0 Å². The Balaban J connectivity index is 1.87. The van der Waals surface area contributed by atoms with Crippen LogP contribution in [0.15, 0.2) is 9.79 Å². The largest absolute Gasteiger partial charge is 0.481 e. The molecule has 31 heavy (non-hydrogen) atoms. The molecule has 1 fully saturated rings. The average Bonchev–Trinajstić information content (AvgIpc) is 3.12. The first-order valence-corrected chi connectivity index (χ1v) is 11.5. The van der Waals surface area contributed by atoms with Crippen LogP contribution in [0.3, 0.4) is 0 Å². The summed E-state index contributed by atoms with van der Waals surface area (Å²) in [6.07, 6.45) is -5.16. The van der Waals surface area contributed by atoms with Crippen LogP contribution >= 0.6 is 15.6 Å². The Labute approximate surface area is 172 Å². The van der Waals surface area contributed by atoms with Crippen molar-refractivity contribution in [3.63, 3.8) is 0 Å². The molecule has 2 unspecified atom stereocenters. The molecule has 0 saturated carbocycles. The molecule has 0 aromatic carbocycles. The lowest BCUT2D eigenvalue weighted by Crippen LogP contribution is -2.61. The van der Waals surface area contributed by atoms with Crippen LogP contribution in [0.2, 0.25) is 0 Å². The zero-order valence-electron chi connectivity index (χ0n) is 15.5. The van der Waals surface area contributed by atoms with E-state index in [0.29, 0.717) is 0 Å². The van der Waals surface area contributed by atoms with Crippen LogP contribution < -0.4 is 15.8 Å². The zero-order chi connectivity index (χ0) is 23.2. The lowest BCUT2D eigenvalue weighted by atomic mass is 10.1. The van der Waals surface area contributed by atoms with Crippen molar-refractivity contribution in [1.29, 1.82) is 0 Å². The number of aliphatic hydroxyl groups excluding tert-OH is 3. The molecule has 9 N–H and O–H groups in total. The van der Waals surface area contributed by atoms with E-state index in [1.165, 1.54) is 0 Å². The van der Waals surface area contributed by atoms with Crippen molar-refractivity contribution in [1.82, 2.24) is 14.5 Å². The fourth-order valence-corrected chi connectivity index (χ4v) is 4.91. The smallest absolute Gasteiger partial charge is 0.390 e. The molecule has 0 spiro atoms. The van der Waals surface area contributed by atoms with Gasteiger partial charge in [0, 0.05) is 0 Å². The Morgan fingerprint density at radius 3 is 2.55 bits per heavy atom. The molecule has 1 aromatic rings. The van der Waals surface area contributed by atoms with Gasteiger partial charge in [-0.05, 0) is 0 Å². The van der Waals surface area contributed by atoms with Crippen LogP contribution in [0, 0.1) is 0 Å². The number of phosphoric acid groups is 2. The number of rotatable bonds is 8. The maximum atomic E-state index is 12.1. The average molecular weight is 488 g/mol. The normalized spacial score (nSPS) is 32.2. The molecular formula is C12H20N5O12P2+. The van der Waals surface area contributed by atoms with Gasteiger partial charge in [0.05, 0.1) is 13.2 Å². The molecular weight excluding hydrogens is 468 g/mol. The van der Waals surface area contributed by atoms with Gasteiger partial charge in [-0.2, -0.15) is 14.3 Å². The number of nitrogen functional groups attached to an aromatic ring is 1. The molecule has 3 rings (SSSR count). The van der Waals surface area contributed by atoms with Gasteiger partial charge in [0.2, 0.25) is 17.9 Å². The van der Waals surface area contributed by atoms with Crippen molar-refractivity contribution in [2.24, 2.45) is 4.99 Å². The number of aromatic amines is 1. The van der Waals surface area contributed by atoms with Gasteiger partial charge in [-0.3, -0.25) is 14.3 Å². The fourth-order valence-electron chi connectivity index (χ4n) is 3.31. The van der Waals surface area contributed by atoms with Crippen molar-refractivity contribution in [3.05, 3.63) is 10.4 Å². The van der Waals surface area contributed by atoms with E-state index in [1.807, 2.05) is 0 Å². The highest BCUT2D eigenvalue weighted by Crippen LogP contribution is 2.57. The monoisotopic (exact) mass is 488 g/mol. The number of nitrogens with two attached hydrogens (primary N) is 1. The molecule has 3 heterocycles. The topological polar surface area (TPSA) is 267 Å². The second-order valence-corrected chi connectivity index (χ2v) is 9.46. The van der Waals surface area contributed by atoms with Gasteiger partial charge in [0.25, 0.3) is 11.4 Å². The quantitative estimate of drug-likeness (QED) is 0.134. The first-order valence-electron chi connectivity index (χ1n) is 8.49. The highest BCUT2D eigenvalue weighted by Gasteiger charge is 2.58. The molecule has 1 saturated heterocycles. The number of hydrogen-bond donors (Lipinski definition) is 8. The van der Waals surface area contributed by atoms with E-state index in [4.69, 9.17) is 20.3 Å². The van der Waals surface area contributed by atoms with E-state index >= 15 is 0 Å². The minimum Gasteiger partial charge on any atom is -0.390 e. The summed E-state index contributed by atoms with van der Waals surface area (Å²) < 4.78 is 35.3. The zero-order valence-corrected chi connectivity index (χ0v) is 17.2. The number of fused-ring (bicyclic) bond motifs is 1. The number of phosphoric ester groups is 1. The summed E-state index contributed by atoms with van der Waals surface area (Å²) in [5.74, 6) is -0.357. The molecule has 2 aliphatic rings. The van der Waals surface area contributed by atoms with Crippen LogP contribution in [-0.2, 0) is 22.7 Å². The van der Waals surface area contributed by atoms with Gasteiger partial charge in [-0.1, -0.05) is 0 Å². The maximum Gasteiger partial charge on any atom is 0.481 e. The molecule has 0 amide bonds. The molecule has 0 bridgehead atoms. The van der Waals surface area contributed by atoms with Crippen LogP contribution in [0.5, 0.6) is 0 Å². The van der Waals surface area contributed by atoms with E-state index < -0.39 is 63.4 Å². The summed E-state index contributed by atoms with van der Waals surface area (Å²) in [6, 6.07) is 0. The van der Waals surface area contributed by atoms with Crippen molar-refractivity contribution < 1.29 is 52.7 Å². The van der Waals surface area contributed by atoms with Crippen LogP contribution in [0.4, 0.5) is 17.5 Å². The van der Waals surface area contributed by atoms with E-state index in [0.717, 1.165) is 6.34 Å². The van der Waals surface area contributed by atoms with E-state index in [2.05, 4.69) is 23.8 Å². The van der Waals surface area contributed by atoms with Crippen molar-refractivity contribution in [3.8, 4) is 0 Å². The third-order valence-corrected chi connectivity index (χ3v) is 6.71. The molecule has 6 atom stereocenters. The van der Waals surface area contributed by atoms with Crippen molar-refractivity contribution >= 4 is 39.4 Å². The van der Waals surface area contributed by atoms with Crippen LogP contribution in [0.25, 0.3) is 0 Å². The molecule has 1 aromatic heterocycles. The predicted molar refractivity (Wildman–Crippen MR) is 101 cm³/mol. The number of nitrogens with zero attached hydrogens (tertiary/aromatic N) is 3. The Bertz CT molecular complexity index is 1030. The summed E-state index contributed by atoms with van der Waals surface area (Å²) in [7, 11) is -10.6. The number of aliphatic hydroxyl groups is 3. The summed E-state index contributed by atoms with van der Waals surface area (Å²) in [4.78, 5) is 48.9. The molecule has 0 radical (unpaired) electrons. The highest BCUT2D eigenvalue weighted by atomic mass is 31.3. The van der Waals surface area contributed by atoms with Crippen molar-refractivity contribution in [2.45, 2.75) is 24.5 Å². The Kier molecular flexibility index (Phi) is 6.52. The van der Waals surface area contributed by atoms with Gasteiger partial charge < -0.3 is 40.5 Å². The Morgan fingerprint density at radius 2 is 1.94 bits per heavy atom. The standard InChI is InChI=1S/C12H19N5O12P2/c13-12-15-9-6(10(21)16-12)14-4-17(9,1-2-18)11-8(20)7(19)5(28-11)3-27-31(25,26)29-30(22,23)24/h4-5,7-8,11,18-20H,1-3H2,(H5-,13,15,16,21,22,23,24,25,26)/p+1/t5-,7-,8-,11-,17?/m1/s1. The minimum atomic E-state index is -5.36. The lowest BCUT2D eigenvalue weighted by Gasteiger charge is -2.35. The van der Waals surface area contributed by atoms with E-state index in [9.17, 15) is 34.1 Å². The number of nitrogens with one attached hydrogen (secondary N) is 1. The van der Waals surface area contributed by atoms with Gasteiger partial charge in [0.1, 0.15) is 18.8 Å². The number of aliphatic imine (C=N–C) groups is 1. The first-order chi connectivity index (χ1) is 14.3. The predicted octanol–water partition coefficient (Wildman–Crippen LogP) is -3.00. The maximum absolute atomic E-state index is 12.1. The molecule has 19 heteroatoms. The van der Waals surface area contributed by atoms with Gasteiger partial charge in [-0.15, -0.1) is 0 Å². The Hall–Kier alpha value is -1.59.